The average molecular weight is 329 g/mol. The van der Waals surface area contributed by atoms with Crippen LogP contribution in [0.3, 0.4) is 0 Å². The number of carbonyl (C=O) groups excluding carboxylic acids is 1. The summed E-state index contributed by atoms with van der Waals surface area (Å²) < 4.78 is 5.79. The van der Waals surface area contributed by atoms with Crippen molar-refractivity contribution in [2.24, 2.45) is 0 Å². The van der Waals surface area contributed by atoms with Gasteiger partial charge in [0.15, 0.2) is 10.9 Å². The van der Waals surface area contributed by atoms with Crippen LogP contribution in [0.15, 0.2) is 40.1 Å². The van der Waals surface area contributed by atoms with Crippen molar-refractivity contribution in [3.05, 3.63) is 35.7 Å². The molecule has 0 spiro atoms. The number of urea groups is 1. The van der Waals surface area contributed by atoms with Gasteiger partial charge in [0.1, 0.15) is 11.3 Å². The van der Waals surface area contributed by atoms with E-state index >= 15 is 0 Å². The molecule has 0 aliphatic heterocycles. The number of rotatable bonds is 5. The molecule has 3 rings (SSSR count). The van der Waals surface area contributed by atoms with Gasteiger partial charge in [-0.2, -0.15) is 0 Å². The zero-order chi connectivity index (χ0) is 16.2. The third-order valence-electron chi connectivity index (χ3n) is 3.72. The van der Waals surface area contributed by atoms with Crippen molar-refractivity contribution in [2.45, 2.75) is 32.7 Å². The summed E-state index contributed by atoms with van der Waals surface area (Å²) in [4.78, 5) is 16.4. The summed E-state index contributed by atoms with van der Waals surface area (Å²) in [6, 6.07) is 9.75. The van der Waals surface area contributed by atoms with Crippen LogP contribution in [0.5, 0.6) is 0 Å². The summed E-state index contributed by atoms with van der Waals surface area (Å²) in [5.74, 6) is 0.705. The van der Waals surface area contributed by atoms with Gasteiger partial charge in [0, 0.05) is 16.8 Å². The molecule has 2 heterocycles. The van der Waals surface area contributed by atoms with Gasteiger partial charge in [-0.05, 0) is 25.0 Å². The lowest BCUT2D eigenvalue weighted by molar-refractivity contribution is 0.247. The molecule has 0 saturated carbocycles. The molecule has 2 aromatic heterocycles. The summed E-state index contributed by atoms with van der Waals surface area (Å²) in [6.45, 7) is 4.11. The molecular formula is C17H19N3O2S. The number of furan rings is 1. The van der Waals surface area contributed by atoms with Gasteiger partial charge >= 0.3 is 6.03 Å². The molecule has 2 amide bonds. The van der Waals surface area contributed by atoms with Gasteiger partial charge in [-0.15, -0.1) is 11.3 Å². The number of benzene rings is 1. The maximum atomic E-state index is 11.9. The number of hydrogen-bond acceptors (Lipinski definition) is 4. The van der Waals surface area contributed by atoms with E-state index in [2.05, 4.69) is 29.5 Å². The molecular weight excluding hydrogens is 310 g/mol. The molecule has 0 fully saturated rings. The number of carbonyl (C=O) groups is 1. The number of thiazole rings is 1. The Morgan fingerprint density at radius 1 is 1.30 bits per heavy atom. The SMILES string of the molecule is CCC(CC)NC(=O)Nc1nc(-c2cc3ccccc3o2)cs1. The van der Waals surface area contributed by atoms with Crippen molar-refractivity contribution < 1.29 is 9.21 Å². The molecule has 0 bridgehead atoms. The van der Waals surface area contributed by atoms with E-state index in [-0.39, 0.29) is 12.1 Å². The van der Waals surface area contributed by atoms with Crippen molar-refractivity contribution in [2.75, 3.05) is 5.32 Å². The lowest BCUT2D eigenvalue weighted by Gasteiger charge is -2.14. The van der Waals surface area contributed by atoms with Crippen molar-refractivity contribution in [1.29, 1.82) is 0 Å². The standard InChI is InChI=1S/C17H19N3O2S/c1-3-12(4-2)18-16(21)20-17-19-13(10-23-17)15-9-11-7-5-6-8-14(11)22-15/h5-10,12H,3-4H2,1-2H3,(H2,18,19,20,21). The Morgan fingerprint density at radius 3 is 2.83 bits per heavy atom. The molecule has 0 radical (unpaired) electrons. The molecule has 120 valence electrons. The summed E-state index contributed by atoms with van der Waals surface area (Å²) in [5.41, 5.74) is 1.56. The maximum absolute atomic E-state index is 11.9. The number of anilines is 1. The van der Waals surface area contributed by atoms with Crippen LogP contribution >= 0.6 is 11.3 Å². The maximum Gasteiger partial charge on any atom is 0.321 e. The number of aromatic nitrogens is 1. The second-order valence-corrected chi connectivity index (χ2v) is 6.16. The molecule has 0 unspecified atom stereocenters. The smallest absolute Gasteiger partial charge is 0.321 e. The summed E-state index contributed by atoms with van der Waals surface area (Å²) in [6.07, 6.45) is 1.82. The Morgan fingerprint density at radius 2 is 2.09 bits per heavy atom. The average Bonchev–Trinajstić information content (AvgIpc) is 3.18. The second kappa shape index (κ2) is 6.83. The lowest BCUT2D eigenvalue weighted by Crippen LogP contribution is -2.37. The van der Waals surface area contributed by atoms with Crippen LogP contribution < -0.4 is 10.6 Å². The molecule has 5 nitrogen and oxygen atoms in total. The van der Waals surface area contributed by atoms with Crippen molar-refractivity contribution in [3.63, 3.8) is 0 Å². The predicted molar refractivity (Wildman–Crippen MR) is 93.8 cm³/mol. The molecule has 1 aromatic carbocycles. The van der Waals surface area contributed by atoms with Crippen LogP contribution in [0.25, 0.3) is 22.4 Å². The molecule has 0 saturated heterocycles. The summed E-state index contributed by atoms with van der Waals surface area (Å²) in [5, 5.41) is 9.19. The number of fused-ring (bicyclic) bond motifs is 1. The molecule has 2 N–H and O–H groups in total. The Kier molecular flexibility index (Phi) is 4.62. The van der Waals surface area contributed by atoms with E-state index in [1.54, 1.807) is 0 Å². The molecule has 0 aliphatic rings. The topological polar surface area (TPSA) is 67.2 Å². The van der Waals surface area contributed by atoms with Gasteiger partial charge in [0.25, 0.3) is 0 Å². The number of hydrogen-bond donors (Lipinski definition) is 2. The quantitative estimate of drug-likeness (QED) is 0.702. The first-order valence-corrected chi connectivity index (χ1v) is 8.59. The van der Waals surface area contributed by atoms with Crippen LogP contribution in [0, 0.1) is 0 Å². The van der Waals surface area contributed by atoms with E-state index in [1.807, 2.05) is 35.7 Å². The second-order valence-electron chi connectivity index (χ2n) is 5.30. The lowest BCUT2D eigenvalue weighted by atomic mass is 10.2. The monoisotopic (exact) mass is 329 g/mol. The van der Waals surface area contributed by atoms with Gasteiger partial charge in [-0.1, -0.05) is 32.0 Å². The van der Waals surface area contributed by atoms with Gasteiger partial charge < -0.3 is 9.73 Å². The Bertz CT molecular complexity index is 772. The highest BCUT2D eigenvalue weighted by Gasteiger charge is 2.13. The molecule has 3 aromatic rings. The fourth-order valence-corrected chi connectivity index (χ4v) is 3.06. The van der Waals surface area contributed by atoms with Gasteiger partial charge in [-0.25, -0.2) is 9.78 Å². The van der Waals surface area contributed by atoms with E-state index in [0.29, 0.717) is 10.9 Å². The van der Waals surface area contributed by atoms with Gasteiger partial charge in [-0.3, -0.25) is 5.32 Å². The zero-order valence-electron chi connectivity index (χ0n) is 13.1. The molecule has 0 atom stereocenters. The number of para-hydroxylation sites is 1. The fourth-order valence-electron chi connectivity index (χ4n) is 2.36. The minimum Gasteiger partial charge on any atom is -0.454 e. The van der Waals surface area contributed by atoms with Crippen LogP contribution in [-0.4, -0.2) is 17.1 Å². The summed E-state index contributed by atoms with van der Waals surface area (Å²) >= 11 is 1.38. The van der Waals surface area contributed by atoms with E-state index in [9.17, 15) is 4.79 Å². The van der Waals surface area contributed by atoms with Crippen molar-refractivity contribution in [1.82, 2.24) is 10.3 Å². The molecule has 0 aliphatic carbocycles. The van der Waals surface area contributed by atoms with Gasteiger partial charge in [0.2, 0.25) is 0 Å². The van der Waals surface area contributed by atoms with E-state index in [1.165, 1.54) is 11.3 Å². The van der Waals surface area contributed by atoms with E-state index in [0.717, 1.165) is 29.5 Å². The van der Waals surface area contributed by atoms with Crippen LogP contribution in [0.4, 0.5) is 9.93 Å². The number of amides is 2. The van der Waals surface area contributed by atoms with Crippen molar-refractivity contribution in [3.8, 4) is 11.5 Å². The first-order valence-electron chi connectivity index (χ1n) is 7.71. The highest BCUT2D eigenvalue weighted by Crippen LogP contribution is 2.30. The summed E-state index contributed by atoms with van der Waals surface area (Å²) in [7, 11) is 0. The highest BCUT2D eigenvalue weighted by atomic mass is 32.1. The molecule has 6 heteroatoms. The Hall–Kier alpha value is -2.34. The minimum absolute atomic E-state index is 0.185. The Balaban J connectivity index is 1.71. The zero-order valence-corrected chi connectivity index (χ0v) is 13.9. The number of nitrogens with zero attached hydrogens (tertiary/aromatic N) is 1. The third kappa shape index (κ3) is 3.53. The fraction of sp³-hybridized carbons (Fsp3) is 0.294. The van der Waals surface area contributed by atoms with Crippen LogP contribution in [-0.2, 0) is 0 Å². The van der Waals surface area contributed by atoms with Crippen LogP contribution in [0.1, 0.15) is 26.7 Å². The highest BCUT2D eigenvalue weighted by molar-refractivity contribution is 7.14. The predicted octanol–water partition coefficient (Wildman–Crippen LogP) is 4.87. The number of nitrogens with one attached hydrogen (secondary N) is 2. The third-order valence-corrected chi connectivity index (χ3v) is 4.48. The van der Waals surface area contributed by atoms with Crippen molar-refractivity contribution >= 4 is 33.5 Å². The first kappa shape index (κ1) is 15.6. The van der Waals surface area contributed by atoms with E-state index in [4.69, 9.17) is 4.42 Å². The minimum atomic E-state index is -0.218. The largest absolute Gasteiger partial charge is 0.454 e. The Labute approximate surface area is 138 Å². The van der Waals surface area contributed by atoms with E-state index < -0.39 is 0 Å². The molecule has 23 heavy (non-hydrogen) atoms. The first-order chi connectivity index (χ1) is 11.2. The van der Waals surface area contributed by atoms with Gasteiger partial charge in [0.05, 0.1) is 0 Å². The van der Waals surface area contributed by atoms with Crippen LogP contribution in [0.2, 0.25) is 0 Å². The normalized spacial score (nSPS) is 11.1.